The van der Waals surface area contributed by atoms with Crippen LogP contribution >= 0.6 is 0 Å². The van der Waals surface area contributed by atoms with Crippen LogP contribution in [0, 0.1) is 0 Å². The zero-order valence-corrected chi connectivity index (χ0v) is 16.1. The van der Waals surface area contributed by atoms with Crippen LogP contribution in [0.25, 0.3) is 0 Å². The summed E-state index contributed by atoms with van der Waals surface area (Å²) < 4.78 is 88.6. The average Bonchev–Trinajstić information content (AvgIpc) is 2.59. The molecule has 0 saturated heterocycles. The number of hydrogen-bond acceptors (Lipinski definition) is 8. The van der Waals surface area contributed by atoms with E-state index in [9.17, 15) is 30.0 Å². The maximum absolute atomic E-state index is 10.7. The molecule has 0 aliphatic heterocycles. The second-order valence-corrected chi connectivity index (χ2v) is 8.86. The number of carbonyl (C=O) groups is 1. The van der Waals surface area contributed by atoms with Crippen molar-refractivity contribution in [3.8, 4) is 0 Å². The highest BCUT2D eigenvalue weighted by atomic mass is 32.2. The molecular weight excluding hydrogens is 440 g/mol. The molecule has 0 bridgehead atoms. The maximum atomic E-state index is 10.7. The van der Waals surface area contributed by atoms with E-state index in [0.717, 1.165) is 12.1 Å². The Morgan fingerprint density at radius 2 is 1.29 bits per heavy atom. The zero-order valence-electron chi connectivity index (χ0n) is 13.6. The Balaban J connectivity index is 0.000000292. The predicted octanol–water partition coefficient (Wildman–Crippen LogP) is 0.398. The standard InChI is InChI=1S/C7H6O4S.C6H8N2O6S2/c8-5-6-1-3-7(4-2-6)12(9,10)11;9-15(10,11)6-3-1-2-5(4-6)7-8-16(12,13)14/h1-5H,(H,9,10,11);1-4,7-8H,(H,9,10,11)(H,12,13,14). The predicted molar refractivity (Wildman–Crippen MR) is 96.2 cm³/mol. The summed E-state index contributed by atoms with van der Waals surface area (Å²) >= 11 is 0. The van der Waals surface area contributed by atoms with Crippen molar-refractivity contribution in [2.75, 3.05) is 5.43 Å². The van der Waals surface area contributed by atoms with Gasteiger partial charge in [0.1, 0.15) is 6.29 Å². The van der Waals surface area contributed by atoms with Gasteiger partial charge in [0.2, 0.25) is 0 Å². The van der Waals surface area contributed by atoms with Gasteiger partial charge in [0, 0.05) is 5.56 Å². The van der Waals surface area contributed by atoms with E-state index in [0.29, 0.717) is 11.8 Å². The van der Waals surface area contributed by atoms with Gasteiger partial charge in [0.25, 0.3) is 20.2 Å². The van der Waals surface area contributed by atoms with Crippen LogP contribution in [-0.2, 0) is 30.5 Å². The van der Waals surface area contributed by atoms with Crippen molar-refractivity contribution < 1.29 is 43.7 Å². The number of anilines is 1. The summed E-state index contributed by atoms with van der Waals surface area (Å²) in [7, 11) is -12.9. The third-order valence-electron chi connectivity index (χ3n) is 2.77. The quantitative estimate of drug-likeness (QED) is 0.229. The van der Waals surface area contributed by atoms with Gasteiger partial charge in [-0.25, -0.2) is 0 Å². The molecule has 5 N–H and O–H groups in total. The van der Waals surface area contributed by atoms with Gasteiger partial charge >= 0.3 is 10.3 Å². The molecule has 0 amide bonds. The van der Waals surface area contributed by atoms with E-state index in [2.05, 4.69) is 0 Å². The molecule has 0 aromatic heterocycles. The van der Waals surface area contributed by atoms with E-state index in [4.69, 9.17) is 13.7 Å². The van der Waals surface area contributed by atoms with Crippen LogP contribution in [0.15, 0.2) is 58.3 Å². The highest BCUT2D eigenvalue weighted by molar-refractivity contribution is 7.86. The van der Waals surface area contributed by atoms with Gasteiger partial charge in [0.05, 0.1) is 15.5 Å². The van der Waals surface area contributed by atoms with Crippen LogP contribution in [0.2, 0.25) is 0 Å². The second-order valence-electron chi connectivity index (χ2n) is 4.87. The van der Waals surface area contributed by atoms with E-state index in [1.54, 1.807) is 0 Å². The van der Waals surface area contributed by atoms with Gasteiger partial charge in [-0.3, -0.25) is 18.5 Å². The molecule has 0 atom stereocenters. The molecule has 0 saturated carbocycles. The molecule has 0 unspecified atom stereocenters. The minimum Gasteiger partial charge on any atom is -0.306 e. The van der Waals surface area contributed by atoms with E-state index in [1.807, 2.05) is 5.43 Å². The highest BCUT2D eigenvalue weighted by Crippen LogP contribution is 2.14. The fourth-order valence-corrected chi connectivity index (χ4v) is 2.83. The third kappa shape index (κ3) is 8.53. The van der Waals surface area contributed by atoms with E-state index in [-0.39, 0.29) is 10.6 Å². The largest absolute Gasteiger partial charge is 0.350 e. The summed E-state index contributed by atoms with van der Waals surface area (Å²) in [5, 5.41) is 0. The fourth-order valence-electron chi connectivity index (χ4n) is 1.58. The Kier molecular flexibility index (Phi) is 7.76. The summed E-state index contributed by atoms with van der Waals surface area (Å²) in [5.74, 6) is 0. The Labute approximate surface area is 160 Å². The molecule has 0 fully saturated rings. The first-order chi connectivity index (χ1) is 12.7. The van der Waals surface area contributed by atoms with Gasteiger partial charge in [-0.15, -0.1) is 4.83 Å². The van der Waals surface area contributed by atoms with E-state index in [1.165, 1.54) is 41.2 Å². The van der Waals surface area contributed by atoms with Crippen LogP contribution < -0.4 is 10.3 Å². The first-order valence-electron chi connectivity index (χ1n) is 6.83. The first-order valence-corrected chi connectivity index (χ1v) is 11.1. The van der Waals surface area contributed by atoms with Crippen LogP contribution in [0.4, 0.5) is 5.69 Å². The molecule has 28 heavy (non-hydrogen) atoms. The lowest BCUT2D eigenvalue weighted by Crippen LogP contribution is -2.28. The van der Waals surface area contributed by atoms with Crippen LogP contribution in [0.1, 0.15) is 10.4 Å². The third-order valence-corrected chi connectivity index (χ3v) is 4.85. The van der Waals surface area contributed by atoms with Crippen molar-refractivity contribution in [3.05, 3.63) is 54.1 Å². The molecule has 2 rings (SSSR count). The zero-order chi connectivity index (χ0) is 21.6. The monoisotopic (exact) mass is 454 g/mol. The summed E-state index contributed by atoms with van der Waals surface area (Å²) in [4.78, 5) is 11.1. The molecule has 0 radical (unpaired) electrons. The van der Waals surface area contributed by atoms with Crippen molar-refractivity contribution in [3.63, 3.8) is 0 Å². The molecular formula is C13H14N2O10S3. The number of carbonyl (C=O) groups excluding carboxylic acids is 1. The van der Waals surface area contributed by atoms with Gasteiger partial charge in [0.15, 0.2) is 0 Å². The van der Waals surface area contributed by atoms with Crippen molar-refractivity contribution in [1.82, 2.24) is 4.83 Å². The topological polar surface area (TPSA) is 204 Å². The van der Waals surface area contributed by atoms with Crippen LogP contribution in [0.5, 0.6) is 0 Å². The summed E-state index contributed by atoms with van der Waals surface area (Å²) in [6, 6.07) is 9.66. The molecule has 2 aromatic rings. The van der Waals surface area contributed by atoms with E-state index >= 15 is 0 Å². The summed E-state index contributed by atoms with van der Waals surface area (Å²) in [6.45, 7) is 0. The number of benzene rings is 2. The Hall–Kier alpha value is -2.40. The first kappa shape index (κ1) is 23.6. The van der Waals surface area contributed by atoms with Crippen LogP contribution in [-0.4, -0.2) is 45.2 Å². The SMILES string of the molecule is O=Cc1ccc(S(=O)(=O)O)cc1.O=S(=O)(O)NNc1cccc(S(=O)(=O)O)c1. The number of nitrogens with one attached hydrogen (secondary N) is 2. The number of hydrogen-bond donors (Lipinski definition) is 5. The van der Waals surface area contributed by atoms with Crippen molar-refractivity contribution in [1.29, 1.82) is 0 Å². The molecule has 15 heteroatoms. The second kappa shape index (κ2) is 9.20. The summed E-state index contributed by atoms with van der Waals surface area (Å²) in [6.07, 6.45) is 0.591. The number of rotatable bonds is 6. The van der Waals surface area contributed by atoms with Crippen molar-refractivity contribution in [2.24, 2.45) is 0 Å². The van der Waals surface area contributed by atoms with Gasteiger partial charge in [-0.1, -0.05) is 18.2 Å². The van der Waals surface area contributed by atoms with E-state index < -0.39 is 35.4 Å². The Bertz CT molecular complexity index is 1140. The lowest BCUT2D eigenvalue weighted by molar-refractivity contribution is 0.112. The van der Waals surface area contributed by atoms with Crippen LogP contribution in [0.3, 0.4) is 0 Å². The molecule has 0 aliphatic rings. The molecule has 12 nitrogen and oxygen atoms in total. The summed E-state index contributed by atoms with van der Waals surface area (Å²) in [5.41, 5.74) is 2.43. The minimum absolute atomic E-state index is 0.0350. The van der Waals surface area contributed by atoms with Gasteiger partial charge in [-0.2, -0.15) is 25.3 Å². The molecule has 0 aliphatic carbocycles. The lowest BCUT2D eigenvalue weighted by Gasteiger charge is -2.06. The minimum atomic E-state index is -4.44. The normalized spacial score (nSPS) is 11.8. The molecule has 2 aromatic carbocycles. The van der Waals surface area contributed by atoms with Gasteiger partial charge < -0.3 is 5.43 Å². The van der Waals surface area contributed by atoms with Crippen molar-refractivity contribution >= 4 is 42.5 Å². The smallest absolute Gasteiger partial charge is 0.306 e. The Morgan fingerprint density at radius 3 is 1.71 bits per heavy atom. The highest BCUT2D eigenvalue weighted by Gasteiger charge is 2.10. The lowest BCUT2D eigenvalue weighted by atomic mass is 10.2. The molecule has 0 spiro atoms. The molecule has 154 valence electrons. The number of hydrazine groups is 1. The van der Waals surface area contributed by atoms with Crippen molar-refractivity contribution in [2.45, 2.75) is 9.79 Å². The Morgan fingerprint density at radius 1 is 0.750 bits per heavy atom. The molecule has 0 heterocycles. The van der Waals surface area contributed by atoms with Gasteiger partial charge in [-0.05, 0) is 30.3 Å². The number of aldehydes is 1. The maximum Gasteiger partial charge on any atom is 0.350 e. The average molecular weight is 454 g/mol. The fraction of sp³-hybridized carbons (Fsp3) is 0.